The molecule has 7 nitrogen and oxygen atoms in total. The maximum absolute atomic E-state index is 12.4. The van der Waals surface area contributed by atoms with E-state index in [2.05, 4.69) is 50.0 Å². The molecule has 1 aliphatic carbocycles. The number of hydrogen-bond donors (Lipinski definition) is 2. The third-order valence-corrected chi connectivity index (χ3v) is 7.68. The van der Waals surface area contributed by atoms with E-state index in [4.69, 9.17) is 14.8 Å². The molecular weight excluding hydrogens is 466 g/mol. The Morgan fingerprint density at radius 2 is 1.68 bits per heavy atom. The van der Waals surface area contributed by atoms with Crippen LogP contribution in [-0.4, -0.2) is 47.1 Å². The van der Waals surface area contributed by atoms with Gasteiger partial charge in [0, 0.05) is 18.2 Å². The lowest BCUT2D eigenvalue weighted by Gasteiger charge is -2.41. The number of rotatable bonds is 7. The Kier molecular flexibility index (Phi) is 8.20. The molecule has 1 aliphatic heterocycles. The molecule has 2 N–H and O–H groups in total. The molecule has 2 fully saturated rings. The maximum atomic E-state index is 12.4. The van der Waals surface area contributed by atoms with Gasteiger partial charge in [-0.05, 0) is 73.8 Å². The Bertz CT molecular complexity index is 1110. The van der Waals surface area contributed by atoms with Crippen LogP contribution in [0.15, 0.2) is 53.5 Å². The van der Waals surface area contributed by atoms with Gasteiger partial charge in [0.25, 0.3) is 11.9 Å². The summed E-state index contributed by atoms with van der Waals surface area (Å²) in [5, 5.41) is 11.5. The van der Waals surface area contributed by atoms with Gasteiger partial charge in [0.15, 0.2) is 0 Å². The highest BCUT2D eigenvalue weighted by Crippen LogP contribution is 2.42. The smallest absolute Gasteiger partial charge is 0.305 e. The van der Waals surface area contributed by atoms with Gasteiger partial charge >= 0.3 is 5.97 Å². The molecule has 1 amide bonds. The molecule has 37 heavy (non-hydrogen) atoms. The van der Waals surface area contributed by atoms with Crippen LogP contribution in [0.5, 0.6) is 0 Å². The third-order valence-electron chi connectivity index (χ3n) is 7.68. The van der Waals surface area contributed by atoms with Gasteiger partial charge in [-0.3, -0.25) is 9.59 Å². The van der Waals surface area contributed by atoms with Gasteiger partial charge in [0.1, 0.15) is 6.61 Å². The van der Waals surface area contributed by atoms with Crippen LogP contribution < -0.4 is 5.32 Å². The number of carboxylic acid groups (broad SMARTS) is 1. The normalized spacial score (nSPS) is 23.1. The minimum atomic E-state index is -0.934. The minimum Gasteiger partial charge on any atom is -0.481 e. The van der Waals surface area contributed by atoms with Crippen LogP contribution in [0.25, 0.3) is 0 Å². The summed E-state index contributed by atoms with van der Waals surface area (Å²) in [7, 11) is 0. The highest BCUT2D eigenvalue weighted by atomic mass is 16.5. The number of aliphatic carboxylic acids is 1. The van der Waals surface area contributed by atoms with Gasteiger partial charge in [0.05, 0.1) is 18.2 Å². The number of amides is 1. The topological polar surface area (TPSA) is 91.2 Å². The molecule has 0 spiro atoms. The number of amidine groups is 1. The SMILES string of the molecule is Cc1ccc(/N=C2\OCC(c3ccc(C(=O)NCCC(=O)O)cc3)N2C2CCC(C(C)(C)C)CC2)cc1. The van der Waals surface area contributed by atoms with E-state index in [1.165, 1.54) is 18.4 Å². The standard InChI is InChI=1S/C30H39N3O4/c1-20-5-13-24(14-6-20)32-29-33(25-15-11-23(12-16-25)30(2,3)4)26(19-37-29)21-7-9-22(10-8-21)28(36)31-18-17-27(34)35/h5-10,13-14,23,25-26H,11-12,15-19H2,1-4H3,(H,31,36)(H,34,35)/b32-29-. The van der Waals surface area contributed by atoms with Crippen molar-refractivity contribution in [2.75, 3.05) is 13.2 Å². The first-order chi connectivity index (χ1) is 17.6. The predicted octanol–water partition coefficient (Wildman–Crippen LogP) is 5.87. The summed E-state index contributed by atoms with van der Waals surface area (Å²) in [5.41, 5.74) is 3.97. The molecule has 0 radical (unpaired) electrons. The van der Waals surface area contributed by atoms with E-state index < -0.39 is 5.97 Å². The van der Waals surface area contributed by atoms with E-state index in [0.717, 1.165) is 24.1 Å². The molecule has 1 saturated heterocycles. The second-order valence-electron chi connectivity index (χ2n) is 11.4. The number of nitrogens with zero attached hydrogens (tertiary/aromatic N) is 2. The van der Waals surface area contributed by atoms with Crippen molar-refractivity contribution >= 4 is 23.6 Å². The number of aryl methyl sites for hydroxylation is 1. The van der Waals surface area contributed by atoms with Crippen LogP contribution in [0.3, 0.4) is 0 Å². The molecular formula is C30H39N3O4. The molecule has 198 valence electrons. The van der Waals surface area contributed by atoms with Crippen molar-refractivity contribution < 1.29 is 19.4 Å². The summed E-state index contributed by atoms with van der Waals surface area (Å²) in [6.45, 7) is 9.69. The Morgan fingerprint density at radius 1 is 1.03 bits per heavy atom. The molecule has 0 bridgehead atoms. The number of aliphatic imine (C=N–C) groups is 1. The first kappa shape index (κ1) is 26.7. The Balaban J connectivity index is 1.54. The molecule has 1 saturated carbocycles. The van der Waals surface area contributed by atoms with Crippen molar-refractivity contribution in [2.24, 2.45) is 16.3 Å². The molecule has 7 heteroatoms. The Labute approximate surface area is 219 Å². The number of carbonyl (C=O) groups excluding carboxylic acids is 1. The first-order valence-electron chi connectivity index (χ1n) is 13.3. The molecule has 2 aliphatic rings. The summed E-state index contributed by atoms with van der Waals surface area (Å²) in [6.07, 6.45) is 4.46. The number of nitrogens with one attached hydrogen (secondary N) is 1. The molecule has 0 aromatic heterocycles. The number of hydrogen-bond acceptors (Lipinski definition) is 4. The van der Waals surface area contributed by atoms with Crippen LogP contribution in [0, 0.1) is 18.3 Å². The van der Waals surface area contributed by atoms with Crippen LogP contribution in [0.4, 0.5) is 5.69 Å². The van der Waals surface area contributed by atoms with E-state index in [1.807, 2.05) is 24.3 Å². The summed E-state index contributed by atoms with van der Waals surface area (Å²) in [5.74, 6) is -0.492. The second kappa shape index (κ2) is 11.4. The fraction of sp³-hybridized carbons (Fsp3) is 0.500. The van der Waals surface area contributed by atoms with Crippen LogP contribution >= 0.6 is 0 Å². The van der Waals surface area contributed by atoms with E-state index in [0.29, 0.717) is 35.6 Å². The fourth-order valence-electron chi connectivity index (χ4n) is 5.39. The van der Waals surface area contributed by atoms with Gasteiger partial charge in [0.2, 0.25) is 0 Å². The molecule has 1 heterocycles. The van der Waals surface area contributed by atoms with Crippen molar-refractivity contribution in [1.29, 1.82) is 0 Å². The second-order valence-corrected chi connectivity index (χ2v) is 11.4. The summed E-state index contributed by atoms with van der Waals surface area (Å²) < 4.78 is 6.21. The summed E-state index contributed by atoms with van der Waals surface area (Å²) in [4.78, 5) is 30.4. The Hall–Kier alpha value is -3.35. The van der Waals surface area contributed by atoms with E-state index >= 15 is 0 Å². The zero-order valence-electron chi connectivity index (χ0n) is 22.4. The molecule has 2 aromatic rings. The number of benzene rings is 2. The molecule has 4 rings (SSSR count). The zero-order valence-corrected chi connectivity index (χ0v) is 22.4. The zero-order chi connectivity index (χ0) is 26.6. The quantitative estimate of drug-likeness (QED) is 0.491. The van der Waals surface area contributed by atoms with Crippen LogP contribution in [0.2, 0.25) is 0 Å². The van der Waals surface area contributed by atoms with E-state index in [-0.39, 0.29) is 24.9 Å². The van der Waals surface area contributed by atoms with E-state index in [9.17, 15) is 9.59 Å². The lowest BCUT2D eigenvalue weighted by molar-refractivity contribution is -0.136. The fourth-order valence-corrected chi connectivity index (χ4v) is 5.39. The average molecular weight is 506 g/mol. The number of carboxylic acids is 1. The minimum absolute atomic E-state index is 0.0181. The molecule has 2 aromatic carbocycles. The van der Waals surface area contributed by atoms with Gasteiger partial charge in [-0.15, -0.1) is 0 Å². The van der Waals surface area contributed by atoms with Crippen molar-refractivity contribution in [3.05, 3.63) is 65.2 Å². The molecule has 1 atom stereocenters. The van der Waals surface area contributed by atoms with Gasteiger partial charge in [-0.25, -0.2) is 0 Å². The first-order valence-corrected chi connectivity index (χ1v) is 13.3. The summed E-state index contributed by atoms with van der Waals surface area (Å²) >= 11 is 0. The largest absolute Gasteiger partial charge is 0.481 e. The average Bonchev–Trinajstić information content (AvgIpc) is 3.28. The van der Waals surface area contributed by atoms with Crippen molar-refractivity contribution in [1.82, 2.24) is 10.2 Å². The highest BCUT2D eigenvalue weighted by molar-refractivity contribution is 5.94. The van der Waals surface area contributed by atoms with Gasteiger partial charge in [-0.2, -0.15) is 4.99 Å². The van der Waals surface area contributed by atoms with Gasteiger partial charge < -0.3 is 20.1 Å². The van der Waals surface area contributed by atoms with Crippen LogP contribution in [-0.2, 0) is 9.53 Å². The number of carbonyl (C=O) groups is 2. The molecule has 1 unspecified atom stereocenters. The summed E-state index contributed by atoms with van der Waals surface area (Å²) in [6, 6.07) is 16.7. The van der Waals surface area contributed by atoms with Crippen molar-refractivity contribution in [3.8, 4) is 0 Å². The predicted molar refractivity (Wildman–Crippen MR) is 145 cm³/mol. The highest BCUT2D eigenvalue weighted by Gasteiger charge is 2.40. The van der Waals surface area contributed by atoms with Crippen LogP contribution in [0.1, 0.15) is 80.4 Å². The number of ether oxygens (including phenoxy) is 1. The Morgan fingerprint density at radius 3 is 2.27 bits per heavy atom. The lowest BCUT2D eigenvalue weighted by Crippen LogP contribution is -2.42. The third kappa shape index (κ3) is 6.70. The van der Waals surface area contributed by atoms with Crippen molar-refractivity contribution in [2.45, 2.75) is 71.9 Å². The lowest BCUT2D eigenvalue weighted by atomic mass is 9.71. The monoisotopic (exact) mass is 505 g/mol. The maximum Gasteiger partial charge on any atom is 0.305 e. The van der Waals surface area contributed by atoms with Crippen molar-refractivity contribution in [3.63, 3.8) is 0 Å². The van der Waals surface area contributed by atoms with E-state index in [1.54, 1.807) is 12.1 Å². The van der Waals surface area contributed by atoms with Gasteiger partial charge in [-0.1, -0.05) is 50.6 Å².